The lowest BCUT2D eigenvalue weighted by Crippen LogP contribution is -2.60. The molecule has 484 valence electrons. The molecular weight excluding hydrogens is 1080 g/mol. The van der Waals surface area contributed by atoms with Crippen molar-refractivity contribution in [2.75, 3.05) is 13.2 Å². The first kappa shape index (κ1) is 76.5. The van der Waals surface area contributed by atoms with Crippen LogP contribution in [0.2, 0.25) is 0 Å². The summed E-state index contributed by atoms with van der Waals surface area (Å²) in [5, 5.41) is 186. The number of cyclic esters (lactones) is 1. The molecule has 2 rings (SSSR count). The van der Waals surface area contributed by atoms with Gasteiger partial charge in [-0.3, -0.25) is 0 Å². The van der Waals surface area contributed by atoms with Crippen LogP contribution in [0.4, 0.5) is 0 Å². The van der Waals surface area contributed by atoms with Gasteiger partial charge in [0, 0.05) is 60.3 Å². The van der Waals surface area contributed by atoms with Gasteiger partial charge in [-0.2, -0.15) is 0 Å². The van der Waals surface area contributed by atoms with Crippen molar-refractivity contribution in [1.29, 1.82) is 0 Å². The zero-order valence-electron chi connectivity index (χ0n) is 50.4. The first-order valence-corrected chi connectivity index (χ1v) is 29.9. The first-order chi connectivity index (χ1) is 38.9. The van der Waals surface area contributed by atoms with E-state index in [9.17, 15) is 91.6 Å². The van der Waals surface area contributed by atoms with Crippen LogP contribution >= 0.6 is 0 Å². The number of ether oxygens (including phenoxy) is 3. The third kappa shape index (κ3) is 25.9. The third-order valence-corrected chi connectivity index (χ3v) is 17.0. The Bertz CT molecular complexity index is 1960. The van der Waals surface area contributed by atoms with E-state index < -0.39 is 183 Å². The van der Waals surface area contributed by atoms with E-state index in [-0.39, 0.29) is 37.2 Å². The normalized spacial score (nSPS) is 41.8. The maximum atomic E-state index is 13.4. The molecule has 0 aromatic heterocycles. The van der Waals surface area contributed by atoms with E-state index in [1.807, 2.05) is 13.0 Å². The summed E-state index contributed by atoms with van der Waals surface area (Å²) in [6.07, 6.45) is -13.2. The van der Waals surface area contributed by atoms with Gasteiger partial charge in [0.1, 0.15) is 36.6 Å². The van der Waals surface area contributed by atoms with Crippen molar-refractivity contribution < 1.29 is 106 Å². The Hall–Kier alpha value is -2.63. The lowest BCUT2D eigenvalue weighted by Gasteiger charge is -2.41. The van der Waals surface area contributed by atoms with E-state index in [0.29, 0.717) is 50.6 Å². The van der Waals surface area contributed by atoms with E-state index >= 15 is 0 Å². The minimum atomic E-state index is -1.88. The highest BCUT2D eigenvalue weighted by molar-refractivity contribution is 5.87. The van der Waals surface area contributed by atoms with Gasteiger partial charge in [0.05, 0.1) is 86.0 Å². The summed E-state index contributed by atoms with van der Waals surface area (Å²) in [5.74, 6) is -4.84. The maximum Gasteiger partial charge on any atom is 0.333 e. The van der Waals surface area contributed by atoms with Gasteiger partial charge in [0.2, 0.25) is 0 Å². The molecule has 2 heterocycles. The molecule has 0 saturated carbocycles. The Morgan fingerprint density at radius 1 is 0.639 bits per heavy atom. The number of rotatable bonds is 8. The van der Waals surface area contributed by atoms with Crippen molar-refractivity contribution in [2.45, 2.75) is 262 Å². The van der Waals surface area contributed by atoms with Gasteiger partial charge in [-0.15, -0.1) is 0 Å². The van der Waals surface area contributed by atoms with Gasteiger partial charge in [-0.05, 0) is 89.7 Å². The van der Waals surface area contributed by atoms with Gasteiger partial charge in [0.25, 0.3) is 0 Å². The number of hydrogen-bond donors (Lipinski definition) is 18. The first-order valence-electron chi connectivity index (χ1n) is 29.9. The summed E-state index contributed by atoms with van der Waals surface area (Å²) in [4.78, 5) is 13.4. The second-order valence-corrected chi connectivity index (χ2v) is 24.2. The molecule has 0 radical (unpaired) electrons. The summed E-state index contributed by atoms with van der Waals surface area (Å²) in [5.41, 5.74) is 6.22. The Labute approximate surface area is 492 Å². The summed E-state index contributed by atoms with van der Waals surface area (Å²) in [6.45, 7) is 14.5. The molecule has 1 saturated heterocycles. The highest BCUT2D eigenvalue weighted by Crippen LogP contribution is 2.30. The molecule has 0 aromatic rings. The van der Waals surface area contributed by atoms with Crippen molar-refractivity contribution in [3.8, 4) is 0 Å². The average Bonchev–Trinajstić information content (AvgIpc) is 3.63. The predicted molar refractivity (Wildman–Crippen MR) is 310 cm³/mol. The number of aliphatic hydroxyl groups excluding tert-OH is 17. The van der Waals surface area contributed by atoms with Crippen molar-refractivity contribution in [3.63, 3.8) is 0 Å². The molecule has 83 heavy (non-hydrogen) atoms. The van der Waals surface area contributed by atoms with Crippen LogP contribution in [-0.4, -0.2) is 228 Å². The SMILES string of the molecule is CC1=CCCC(C)C(O)C(C)C(O)CCC=CC(C)C(O)C=CC(C)C(O)C(C)=CC(O[C@H]2O[C@@H](CO)[C@H](O)[C@@H](O)[C@H]2O)C(O)CC(O)CC(O)CC(O)C(C)C(O)C(C)C(O)CC(O)CC(O)C=CCC(C(C)C(O)CCCN)OC1=O. The Balaban J connectivity index is 2.45. The topological polar surface area (TPSA) is 415 Å². The minimum absolute atomic E-state index is 0.0959. The van der Waals surface area contributed by atoms with Gasteiger partial charge in [-0.25, -0.2) is 4.79 Å². The van der Waals surface area contributed by atoms with Crippen molar-refractivity contribution in [3.05, 3.63) is 59.8 Å². The summed E-state index contributed by atoms with van der Waals surface area (Å²) >= 11 is 0. The molecular formula is C61H109NO21. The Kier molecular flexibility index (Phi) is 35.6. The van der Waals surface area contributed by atoms with Crippen LogP contribution in [0.15, 0.2) is 59.8 Å². The molecule has 22 nitrogen and oxygen atoms in total. The van der Waals surface area contributed by atoms with Crippen LogP contribution in [0.25, 0.3) is 0 Å². The lowest BCUT2D eigenvalue weighted by atomic mass is 9.82. The highest BCUT2D eigenvalue weighted by atomic mass is 16.7. The number of carbonyl (C=O) groups excluding carboxylic acids is 1. The van der Waals surface area contributed by atoms with Gasteiger partial charge < -0.3 is 107 Å². The van der Waals surface area contributed by atoms with Crippen LogP contribution in [0.1, 0.15) is 139 Å². The zero-order valence-corrected chi connectivity index (χ0v) is 50.4. The van der Waals surface area contributed by atoms with E-state index in [0.717, 1.165) is 0 Å². The standard InChI is InChI=1S/C61H109NO21/c1-32-15-10-11-19-47(70)38(7)55(75)33(2)16-12-17-35(4)60(80)81-51(37(6)46(69)20-14-24-62)21-13-18-41(64)26-42(65)28-48(71)39(8)56(76)40(9)49(72)29-43(66)27-44(67)30-50(73)52(25-36(5)54(74)34(3)22-23-45(32)68)82-61-59(79)58(78)57(77)53(31-63)83-61/h10,13,15,17-18,22-23,25,32-34,37-59,61,63-79H,11-12,14,16,19-21,24,26-31,62H2,1-9H3/t32?,33?,34?,37?,38?,39?,40?,41?,42?,43?,44?,45?,46?,47?,48?,49?,50?,51?,52?,53-,54?,55?,56?,57-,58+,59+,61-/m0/s1. The number of carbonyl (C=O) groups is 1. The minimum Gasteiger partial charge on any atom is -0.458 e. The summed E-state index contributed by atoms with van der Waals surface area (Å²) in [6, 6.07) is 0. The van der Waals surface area contributed by atoms with Crippen LogP contribution in [0, 0.1) is 41.4 Å². The molecule has 27 atom stereocenters. The molecule has 0 aromatic carbocycles. The van der Waals surface area contributed by atoms with Crippen LogP contribution < -0.4 is 5.73 Å². The molecule has 1 fully saturated rings. The molecule has 0 spiro atoms. The lowest BCUT2D eigenvalue weighted by molar-refractivity contribution is -0.313. The molecule has 0 bridgehead atoms. The molecule has 19 N–H and O–H groups in total. The summed E-state index contributed by atoms with van der Waals surface area (Å²) < 4.78 is 17.4. The van der Waals surface area contributed by atoms with Gasteiger partial charge in [0.15, 0.2) is 6.29 Å². The number of hydrogen-bond acceptors (Lipinski definition) is 22. The van der Waals surface area contributed by atoms with Crippen molar-refractivity contribution >= 4 is 5.97 Å². The predicted octanol–water partition coefficient (Wildman–Crippen LogP) is 0.442. The smallest absolute Gasteiger partial charge is 0.333 e. The van der Waals surface area contributed by atoms with E-state index in [2.05, 4.69) is 0 Å². The molecule has 0 aliphatic carbocycles. The fourth-order valence-corrected chi connectivity index (χ4v) is 10.5. The van der Waals surface area contributed by atoms with Crippen LogP contribution in [0.3, 0.4) is 0 Å². The third-order valence-electron chi connectivity index (χ3n) is 17.0. The van der Waals surface area contributed by atoms with Gasteiger partial charge >= 0.3 is 5.97 Å². The largest absolute Gasteiger partial charge is 0.458 e. The Morgan fingerprint density at radius 3 is 1.81 bits per heavy atom. The van der Waals surface area contributed by atoms with Gasteiger partial charge in [-0.1, -0.05) is 97.1 Å². The Morgan fingerprint density at radius 2 is 1.22 bits per heavy atom. The number of aliphatic hydroxyl groups is 17. The average molecular weight is 1190 g/mol. The quantitative estimate of drug-likeness (QED) is 0.116. The fraction of sp³-hybridized carbons (Fsp3) is 0.820. The van der Waals surface area contributed by atoms with Crippen molar-refractivity contribution in [2.24, 2.45) is 47.2 Å². The molecule has 2 aliphatic rings. The van der Waals surface area contributed by atoms with E-state index in [1.165, 1.54) is 39.0 Å². The molecule has 0 amide bonds. The highest BCUT2D eigenvalue weighted by Gasteiger charge is 2.46. The van der Waals surface area contributed by atoms with Crippen LogP contribution in [0.5, 0.6) is 0 Å². The number of esters is 1. The fourth-order valence-electron chi connectivity index (χ4n) is 10.5. The molecule has 22 unspecified atom stereocenters. The zero-order chi connectivity index (χ0) is 63.0. The number of allylic oxidation sites excluding steroid dienone is 2. The van der Waals surface area contributed by atoms with E-state index in [1.54, 1.807) is 58.9 Å². The maximum absolute atomic E-state index is 13.4. The molecule has 22 heteroatoms. The summed E-state index contributed by atoms with van der Waals surface area (Å²) in [7, 11) is 0. The van der Waals surface area contributed by atoms with E-state index in [4.69, 9.17) is 19.9 Å². The monoisotopic (exact) mass is 1190 g/mol. The number of nitrogens with two attached hydrogens (primary N) is 1. The van der Waals surface area contributed by atoms with Crippen LogP contribution in [-0.2, 0) is 19.0 Å². The molecule has 2 aliphatic heterocycles. The second kappa shape index (κ2) is 38.6. The van der Waals surface area contributed by atoms with Crippen molar-refractivity contribution in [1.82, 2.24) is 0 Å². The second-order valence-electron chi connectivity index (χ2n) is 24.2.